The average Bonchev–Trinajstić information content (AvgIpc) is 2.61. The predicted octanol–water partition coefficient (Wildman–Crippen LogP) is 3.23. The molecule has 1 aromatic rings. The van der Waals surface area contributed by atoms with E-state index in [1.165, 1.54) is 37.8 Å². The van der Waals surface area contributed by atoms with Crippen LogP contribution >= 0.6 is 15.9 Å². The van der Waals surface area contributed by atoms with Gasteiger partial charge in [0.25, 0.3) is 0 Å². The van der Waals surface area contributed by atoms with Crippen molar-refractivity contribution in [1.82, 2.24) is 10.2 Å². The number of nitrogens with one attached hydrogen (secondary N) is 1. The van der Waals surface area contributed by atoms with Crippen LogP contribution in [0, 0.1) is 0 Å². The summed E-state index contributed by atoms with van der Waals surface area (Å²) in [5.74, 6) is 1.31. The van der Waals surface area contributed by atoms with Crippen molar-refractivity contribution >= 4 is 15.9 Å². The molecule has 14 heavy (non-hydrogen) atoms. The van der Waals surface area contributed by atoms with Crippen LogP contribution in [0.2, 0.25) is 0 Å². The maximum atomic E-state index is 5.13. The highest BCUT2D eigenvalue weighted by Gasteiger charge is 2.22. The lowest BCUT2D eigenvalue weighted by Crippen LogP contribution is -2.05. The SMILES string of the molecule is COc1n[nH]c(C2CCCCC2)c1Br. The molecule has 0 spiro atoms. The Morgan fingerprint density at radius 3 is 2.64 bits per heavy atom. The number of nitrogens with zero attached hydrogens (tertiary/aromatic N) is 1. The summed E-state index contributed by atoms with van der Waals surface area (Å²) < 4.78 is 6.13. The molecule has 4 heteroatoms. The van der Waals surface area contributed by atoms with Gasteiger partial charge in [0.15, 0.2) is 0 Å². The number of ether oxygens (including phenoxy) is 1. The molecule has 0 saturated heterocycles. The molecule has 0 unspecified atom stereocenters. The standard InChI is InChI=1S/C10H15BrN2O/c1-14-10-8(11)9(12-13-10)7-5-3-2-4-6-7/h7H,2-6H2,1H3,(H,12,13). The van der Waals surface area contributed by atoms with Crippen LogP contribution in [0.1, 0.15) is 43.7 Å². The van der Waals surface area contributed by atoms with Gasteiger partial charge in [-0.2, -0.15) is 0 Å². The molecule has 0 aliphatic heterocycles. The van der Waals surface area contributed by atoms with Crippen molar-refractivity contribution in [2.24, 2.45) is 0 Å². The normalized spacial score (nSPS) is 18.4. The number of rotatable bonds is 2. The van der Waals surface area contributed by atoms with Crippen LogP contribution in [0.15, 0.2) is 4.47 Å². The van der Waals surface area contributed by atoms with Crippen molar-refractivity contribution in [3.63, 3.8) is 0 Å². The lowest BCUT2D eigenvalue weighted by atomic mass is 9.87. The molecular weight excluding hydrogens is 244 g/mol. The van der Waals surface area contributed by atoms with Crippen LogP contribution in [0.3, 0.4) is 0 Å². The Morgan fingerprint density at radius 2 is 2.07 bits per heavy atom. The summed E-state index contributed by atoms with van der Waals surface area (Å²) in [6, 6.07) is 0. The van der Waals surface area contributed by atoms with Crippen LogP contribution in [0.5, 0.6) is 5.88 Å². The Bertz CT molecular complexity index is 305. The number of halogens is 1. The molecule has 1 fully saturated rings. The summed E-state index contributed by atoms with van der Waals surface area (Å²) in [6.45, 7) is 0. The van der Waals surface area contributed by atoms with Crippen molar-refractivity contribution in [3.05, 3.63) is 10.2 Å². The van der Waals surface area contributed by atoms with E-state index in [1.54, 1.807) is 7.11 Å². The number of hydrogen-bond donors (Lipinski definition) is 1. The molecule has 3 nitrogen and oxygen atoms in total. The van der Waals surface area contributed by atoms with Crippen LogP contribution in [0.25, 0.3) is 0 Å². The van der Waals surface area contributed by atoms with Gasteiger partial charge in [0.05, 0.1) is 12.8 Å². The Balaban J connectivity index is 2.18. The molecule has 1 heterocycles. The summed E-state index contributed by atoms with van der Waals surface area (Å²) in [7, 11) is 1.64. The van der Waals surface area contributed by atoms with Crippen molar-refractivity contribution in [1.29, 1.82) is 0 Å². The Kier molecular flexibility index (Phi) is 3.11. The molecule has 1 N–H and O–H groups in total. The minimum atomic E-state index is 0.634. The number of aromatic amines is 1. The molecule has 1 aromatic heterocycles. The average molecular weight is 259 g/mol. The molecule has 1 aliphatic rings. The van der Waals surface area contributed by atoms with Crippen LogP contribution < -0.4 is 4.74 Å². The molecule has 0 bridgehead atoms. The van der Waals surface area contributed by atoms with Crippen LogP contribution in [0.4, 0.5) is 0 Å². The van der Waals surface area contributed by atoms with E-state index in [0.717, 1.165) is 4.47 Å². The topological polar surface area (TPSA) is 37.9 Å². The first-order valence-electron chi connectivity index (χ1n) is 5.10. The Hall–Kier alpha value is -0.510. The van der Waals surface area contributed by atoms with Crippen molar-refractivity contribution in [3.8, 4) is 5.88 Å². The summed E-state index contributed by atoms with van der Waals surface area (Å²) in [4.78, 5) is 0. The highest BCUT2D eigenvalue weighted by Crippen LogP contribution is 2.38. The van der Waals surface area contributed by atoms with Crippen LogP contribution in [-0.4, -0.2) is 17.3 Å². The molecule has 0 aromatic carbocycles. The molecule has 78 valence electrons. The lowest BCUT2D eigenvalue weighted by molar-refractivity contribution is 0.394. The summed E-state index contributed by atoms with van der Waals surface area (Å²) in [5.41, 5.74) is 1.21. The van der Waals surface area contributed by atoms with Gasteiger partial charge in [-0.3, -0.25) is 5.10 Å². The third-order valence-corrected chi connectivity index (χ3v) is 3.68. The second kappa shape index (κ2) is 4.34. The monoisotopic (exact) mass is 258 g/mol. The first kappa shape index (κ1) is 10.0. The Labute approximate surface area is 92.4 Å². The number of hydrogen-bond acceptors (Lipinski definition) is 2. The van der Waals surface area contributed by atoms with E-state index in [9.17, 15) is 0 Å². The maximum Gasteiger partial charge on any atom is 0.247 e. The molecule has 0 atom stereocenters. The summed E-state index contributed by atoms with van der Waals surface area (Å²) >= 11 is 3.53. The van der Waals surface area contributed by atoms with E-state index >= 15 is 0 Å². The minimum absolute atomic E-state index is 0.634. The van der Waals surface area contributed by atoms with E-state index < -0.39 is 0 Å². The maximum absolute atomic E-state index is 5.13. The van der Waals surface area contributed by atoms with Gasteiger partial charge in [-0.15, -0.1) is 5.10 Å². The fourth-order valence-electron chi connectivity index (χ4n) is 2.12. The lowest BCUT2D eigenvalue weighted by Gasteiger charge is -2.20. The van der Waals surface area contributed by atoms with Gasteiger partial charge in [0.2, 0.25) is 5.88 Å². The van der Waals surface area contributed by atoms with Crippen molar-refractivity contribution in [2.75, 3.05) is 7.11 Å². The quantitative estimate of drug-likeness (QED) is 0.885. The number of H-pyrrole nitrogens is 1. The second-order valence-electron chi connectivity index (χ2n) is 3.80. The smallest absolute Gasteiger partial charge is 0.247 e. The Morgan fingerprint density at radius 1 is 1.36 bits per heavy atom. The van der Waals surface area contributed by atoms with Gasteiger partial charge in [0, 0.05) is 5.92 Å². The zero-order valence-corrected chi connectivity index (χ0v) is 9.93. The van der Waals surface area contributed by atoms with Gasteiger partial charge < -0.3 is 4.74 Å². The number of methoxy groups -OCH3 is 1. The van der Waals surface area contributed by atoms with E-state index in [4.69, 9.17) is 4.74 Å². The third-order valence-electron chi connectivity index (χ3n) is 2.91. The molecule has 0 amide bonds. The van der Waals surface area contributed by atoms with E-state index in [1.807, 2.05) is 0 Å². The predicted molar refractivity (Wildman–Crippen MR) is 58.7 cm³/mol. The van der Waals surface area contributed by atoms with Crippen LogP contribution in [-0.2, 0) is 0 Å². The van der Waals surface area contributed by atoms with Crippen molar-refractivity contribution < 1.29 is 4.74 Å². The van der Waals surface area contributed by atoms with E-state index in [0.29, 0.717) is 11.8 Å². The summed E-state index contributed by atoms with van der Waals surface area (Å²) in [6.07, 6.45) is 6.57. The van der Waals surface area contributed by atoms with Gasteiger partial charge in [0.1, 0.15) is 4.47 Å². The second-order valence-corrected chi connectivity index (χ2v) is 4.59. The fourth-order valence-corrected chi connectivity index (χ4v) is 2.78. The number of aromatic nitrogens is 2. The molecule has 0 radical (unpaired) electrons. The van der Waals surface area contributed by atoms with E-state index in [-0.39, 0.29) is 0 Å². The van der Waals surface area contributed by atoms with Gasteiger partial charge in [-0.1, -0.05) is 19.3 Å². The summed E-state index contributed by atoms with van der Waals surface area (Å²) in [5, 5.41) is 7.19. The van der Waals surface area contributed by atoms with Gasteiger partial charge in [-0.25, -0.2) is 0 Å². The molecule has 1 saturated carbocycles. The largest absolute Gasteiger partial charge is 0.479 e. The fraction of sp³-hybridized carbons (Fsp3) is 0.700. The molecule has 1 aliphatic carbocycles. The highest BCUT2D eigenvalue weighted by atomic mass is 79.9. The highest BCUT2D eigenvalue weighted by molar-refractivity contribution is 9.10. The van der Waals surface area contributed by atoms with Gasteiger partial charge >= 0.3 is 0 Å². The third kappa shape index (κ3) is 1.80. The van der Waals surface area contributed by atoms with Crippen molar-refractivity contribution in [2.45, 2.75) is 38.0 Å². The molecule has 2 rings (SSSR count). The van der Waals surface area contributed by atoms with Gasteiger partial charge in [-0.05, 0) is 28.8 Å². The molecular formula is C10H15BrN2O. The zero-order valence-electron chi connectivity index (χ0n) is 8.35. The minimum Gasteiger partial charge on any atom is -0.479 e. The van der Waals surface area contributed by atoms with E-state index in [2.05, 4.69) is 26.1 Å². The zero-order chi connectivity index (χ0) is 9.97. The first-order chi connectivity index (χ1) is 6.83. The first-order valence-corrected chi connectivity index (χ1v) is 5.90.